The first kappa shape index (κ1) is 13.5. The molecule has 2 N–H and O–H groups in total. The number of nitrogens with one attached hydrogen (secondary N) is 1. The van der Waals surface area contributed by atoms with Gasteiger partial charge in [0, 0.05) is 18.0 Å². The van der Waals surface area contributed by atoms with E-state index < -0.39 is 11.9 Å². The third kappa shape index (κ3) is 4.52. The van der Waals surface area contributed by atoms with Crippen molar-refractivity contribution in [1.29, 1.82) is 0 Å². The van der Waals surface area contributed by atoms with Crippen molar-refractivity contribution < 1.29 is 19.4 Å². The van der Waals surface area contributed by atoms with Gasteiger partial charge >= 0.3 is 11.9 Å². The number of para-hydroxylation sites is 1. The molecule has 1 rings (SSSR count). The lowest BCUT2D eigenvalue weighted by Crippen LogP contribution is -2.05. The summed E-state index contributed by atoms with van der Waals surface area (Å²) in [6.45, 7) is 0. The number of carbonyl (C=O) groups is 2. The molecule has 0 atom stereocenters. The predicted molar refractivity (Wildman–Crippen MR) is 66.9 cm³/mol. The Bertz CT molecular complexity index is 477. The van der Waals surface area contributed by atoms with Gasteiger partial charge in [0.05, 0.1) is 12.7 Å². The number of benzene rings is 1. The molecule has 0 heterocycles. The summed E-state index contributed by atoms with van der Waals surface area (Å²) in [7, 11) is 1.23. The average molecular weight is 247 g/mol. The Morgan fingerprint density at radius 1 is 1.22 bits per heavy atom. The van der Waals surface area contributed by atoms with Crippen molar-refractivity contribution in [1.82, 2.24) is 0 Å². The lowest BCUT2D eigenvalue weighted by atomic mass is 10.2. The van der Waals surface area contributed by atoms with Crippen molar-refractivity contribution in [2.45, 2.75) is 0 Å². The number of rotatable bonds is 5. The molecule has 5 nitrogen and oxygen atoms in total. The second-order valence-corrected chi connectivity index (χ2v) is 3.27. The molecule has 0 unspecified atom stereocenters. The summed E-state index contributed by atoms with van der Waals surface area (Å²) in [5.74, 6) is -1.75. The molecule has 0 fully saturated rings. The second kappa shape index (κ2) is 6.90. The van der Waals surface area contributed by atoms with Crippen molar-refractivity contribution >= 4 is 17.6 Å². The van der Waals surface area contributed by atoms with E-state index in [2.05, 4.69) is 10.1 Å². The van der Waals surface area contributed by atoms with Gasteiger partial charge in [-0.25, -0.2) is 9.59 Å². The van der Waals surface area contributed by atoms with Gasteiger partial charge in [-0.3, -0.25) is 0 Å². The van der Waals surface area contributed by atoms with Gasteiger partial charge in [0.15, 0.2) is 0 Å². The number of carboxylic acid groups (broad SMARTS) is 1. The molecule has 0 aliphatic rings. The minimum absolute atomic E-state index is 0.115. The largest absolute Gasteiger partial charge is 0.478 e. The number of methoxy groups -OCH3 is 1. The minimum atomic E-state index is -1.13. The van der Waals surface area contributed by atoms with E-state index in [9.17, 15) is 9.59 Å². The average Bonchev–Trinajstić information content (AvgIpc) is 2.39. The van der Waals surface area contributed by atoms with Gasteiger partial charge in [-0.05, 0) is 18.2 Å². The van der Waals surface area contributed by atoms with Crippen LogP contribution in [0.4, 0.5) is 5.69 Å². The molecule has 0 saturated heterocycles. The molecule has 0 spiro atoms. The molecular formula is C13H13NO4. The zero-order valence-electron chi connectivity index (χ0n) is 9.79. The quantitative estimate of drug-likeness (QED) is 0.471. The Labute approximate surface area is 104 Å². The molecule has 0 saturated carbocycles. The van der Waals surface area contributed by atoms with Crippen LogP contribution < -0.4 is 5.32 Å². The fourth-order valence-corrected chi connectivity index (χ4v) is 1.15. The summed E-state index contributed by atoms with van der Waals surface area (Å²) in [5, 5.41) is 11.4. The summed E-state index contributed by atoms with van der Waals surface area (Å²) < 4.78 is 4.54. The lowest BCUT2D eigenvalue weighted by molar-refractivity contribution is -0.135. The van der Waals surface area contributed by atoms with Crippen molar-refractivity contribution in [3.05, 3.63) is 54.3 Å². The van der Waals surface area contributed by atoms with E-state index in [0.29, 0.717) is 0 Å². The number of carboxylic acids is 1. The van der Waals surface area contributed by atoms with Gasteiger partial charge in [0.1, 0.15) is 0 Å². The van der Waals surface area contributed by atoms with E-state index in [1.165, 1.54) is 19.4 Å². The van der Waals surface area contributed by atoms with Crippen LogP contribution in [0.3, 0.4) is 0 Å². The fourth-order valence-electron chi connectivity index (χ4n) is 1.15. The maximum Gasteiger partial charge on any atom is 0.339 e. The third-order valence-electron chi connectivity index (χ3n) is 1.99. The molecule has 94 valence electrons. The SMILES string of the molecule is COC(=O)C(C=CC(=O)O)=CNc1ccccc1. The highest BCUT2D eigenvalue weighted by Gasteiger charge is 2.06. The third-order valence-corrected chi connectivity index (χ3v) is 1.99. The summed E-state index contributed by atoms with van der Waals surface area (Å²) in [4.78, 5) is 21.8. The summed E-state index contributed by atoms with van der Waals surface area (Å²) in [6, 6.07) is 9.15. The van der Waals surface area contributed by atoms with E-state index in [0.717, 1.165) is 11.8 Å². The van der Waals surface area contributed by atoms with Crippen molar-refractivity contribution in [2.24, 2.45) is 0 Å². The Morgan fingerprint density at radius 3 is 2.44 bits per heavy atom. The van der Waals surface area contributed by atoms with Gasteiger partial charge in [-0.1, -0.05) is 18.2 Å². The first-order valence-electron chi connectivity index (χ1n) is 5.14. The van der Waals surface area contributed by atoms with E-state index >= 15 is 0 Å². The number of esters is 1. The maximum absolute atomic E-state index is 11.4. The standard InChI is InChI=1S/C13H13NO4/c1-18-13(17)10(7-8-12(15)16)9-14-11-5-3-2-4-6-11/h2-9,14H,1H3,(H,15,16). The smallest absolute Gasteiger partial charge is 0.339 e. The van der Waals surface area contributed by atoms with Gasteiger partial charge < -0.3 is 15.2 Å². The summed E-state index contributed by atoms with van der Waals surface area (Å²) >= 11 is 0. The van der Waals surface area contributed by atoms with Crippen LogP contribution in [0.2, 0.25) is 0 Å². The predicted octanol–water partition coefficient (Wildman–Crippen LogP) is 1.80. The van der Waals surface area contributed by atoms with Crippen molar-refractivity contribution in [2.75, 3.05) is 12.4 Å². The van der Waals surface area contributed by atoms with E-state index in [1.54, 1.807) is 0 Å². The maximum atomic E-state index is 11.4. The number of aliphatic carboxylic acids is 1. The Balaban J connectivity index is 2.83. The van der Waals surface area contributed by atoms with Gasteiger partial charge in [-0.15, -0.1) is 0 Å². The van der Waals surface area contributed by atoms with Crippen LogP contribution in [0.1, 0.15) is 0 Å². The highest BCUT2D eigenvalue weighted by molar-refractivity contribution is 5.94. The van der Waals surface area contributed by atoms with Crippen LogP contribution >= 0.6 is 0 Å². The Hall–Kier alpha value is -2.56. The number of anilines is 1. The minimum Gasteiger partial charge on any atom is -0.478 e. The van der Waals surface area contributed by atoms with Crippen LogP contribution in [-0.4, -0.2) is 24.2 Å². The molecule has 0 amide bonds. The van der Waals surface area contributed by atoms with Crippen LogP contribution in [0.15, 0.2) is 54.3 Å². The molecule has 1 aromatic carbocycles. The van der Waals surface area contributed by atoms with Crippen LogP contribution in [-0.2, 0) is 14.3 Å². The molecule has 0 aliphatic carbocycles. The molecule has 1 aromatic rings. The van der Waals surface area contributed by atoms with Crippen LogP contribution in [0, 0.1) is 0 Å². The summed E-state index contributed by atoms with van der Waals surface area (Å²) in [6.07, 6.45) is 3.43. The molecule has 18 heavy (non-hydrogen) atoms. The number of carbonyl (C=O) groups excluding carboxylic acids is 1. The van der Waals surface area contributed by atoms with E-state index in [1.807, 2.05) is 30.3 Å². The zero-order valence-corrected chi connectivity index (χ0v) is 9.79. The Kier molecular flexibility index (Phi) is 5.18. The summed E-state index contributed by atoms with van der Waals surface area (Å²) in [5.41, 5.74) is 0.895. The fraction of sp³-hybridized carbons (Fsp3) is 0.0769. The molecule has 5 heteroatoms. The highest BCUT2D eigenvalue weighted by atomic mass is 16.5. The number of ether oxygens (including phenoxy) is 1. The normalized spacial score (nSPS) is 11.3. The van der Waals surface area contributed by atoms with Crippen LogP contribution in [0.25, 0.3) is 0 Å². The molecule has 0 radical (unpaired) electrons. The van der Waals surface area contributed by atoms with Crippen molar-refractivity contribution in [3.63, 3.8) is 0 Å². The van der Waals surface area contributed by atoms with Crippen molar-refractivity contribution in [3.8, 4) is 0 Å². The molecular weight excluding hydrogens is 234 g/mol. The molecule has 0 aromatic heterocycles. The lowest BCUT2D eigenvalue weighted by Gasteiger charge is -2.03. The second-order valence-electron chi connectivity index (χ2n) is 3.27. The molecule has 0 aliphatic heterocycles. The van der Waals surface area contributed by atoms with Gasteiger partial charge in [0.25, 0.3) is 0 Å². The van der Waals surface area contributed by atoms with E-state index in [4.69, 9.17) is 5.11 Å². The first-order chi connectivity index (χ1) is 8.63. The van der Waals surface area contributed by atoms with Gasteiger partial charge in [-0.2, -0.15) is 0 Å². The number of hydrogen-bond donors (Lipinski definition) is 2. The number of hydrogen-bond acceptors (Lipinski definition) is 4. The van der Waals surface area contributed by atoms with Gasteiger partial charge in [0.2, 0.25) is 0 Å². The first-order valence-corrected chi connectivity index (χ1v) is 5.14. The van der Waals surface area contributed by atoms with Crippen LogP contribution in [0.5, 0.6) is 0 Å². The van der Waals surface area contributed by atoms with E-state index in [-0.39, 0.29) is 5.57 Å². The Morgan fingerprint density at radius 2 is 1.89 bits per heavy atom. The molecule has 0 bridgehead atoms. The highest BCUT2D eigenvalue weighted by Crippen LogP contribution is 2.07. The zero-order chi connectivity index (χ0) is 13.4. The topological polar surface area (TPSA) is 75.6 Å². The monoisotopic (exact) mass is 247 g/mol.